The highest BCUT2D eigenvalue weighted by Crippen LogP contribution is 2.62. The van der Waals surface area contributed by atoms with E-state index in [0.29, 0.717) is 5.41 Å². The second kappa shape index (κ2) is 5.53. The summed E-state index contributed by atoms with van der Waals surface area (Å²) in [7, 11) is 0. The maximum absolute atomic E-state index is 5.74. The Morgan fingerprint density at radius 1 is 1.00 bits per heavy atom. The van der Waals surface area contributed by atoms with E-state index < -0.39 is 0 Å². The molecule has 1 heterocycles. The largest absolute Gasteiger partial charge is 0.330 e. The highest BCUT2D eigenvalue weighted by molar-refractivity contribution is 5.05. The normalized spacial score (nSPS) is 45.1. The zero-order valence-electron chi connectivity index (χ0n) is 13.9. The Kier molecular flexibility index (Phi) is 3.82. The molecule has 0 amide bonds. The van der Waals surface area contributed by atoms with Gasteiger partial charge in [0.1, 0.15) is 0 Å². The molecule has 0 aromatic heterocycles. The van der Waals surface area contributed by atoms with E-state index in [0.717, 1.165) is 36.3 Å². The number of hydrogen-bond acceptors (Lipinski definition) is 2. The fourth-order valence-electron chi connectivity index (χ4n) is 6.94. The number of rotatable bonds is 4. The summed E-state index contributed by atoms with van der Waals surface area (Å²) in [4.78, 5) is 2.86. The van der Waals surface area contributed by atoms with Crippen LogP contribution in [0, 0.1) is 29.1 Å². The van der Waals surface area contributed by atoms with Crippen LogP contribution < -0.4 is 5.73 Å². The molecule has 1 unspecified atom stereocenters. The first-order valence-corrected chi connectivity index (χ1v) is 9.62. The van der Waals surface area contributed by atoms with Crippen molar-refractivity contribution in [1.29, 1.82) is 0 Å². The minimum atomic E-state index is 0.704. The maximum Gasteiger partial charge on any atom is 0.0124 e. The van der Waals surface area contributed by atoms with Crippen molar-refractivity contribution in [3.05, 3.63) is 0 Å². The lowest BCUT2D eigenvalue weighted by Crippen LogP contribution is -2.57. The molecule has 21 heavy (non-hydrogen) atoms. The van der Waals surface area contributed by atoms with E-state index in [1.54, 1.807) is 38.5 Å². The Balaban J connectivity index is 1.42. The van der Waals surface area contributed by atoms with Gasteiger partial charge in [-0.2, -0.15) is 0 Å². The van der Waals surface area contributed by atoms with E-state index in [2.05, 4.69) is 11.8 Å². The van der Waals surface area contributed by atoms with Crippen molar-refractivity contribution >= 4 is 0 Å². The number of nitrogens with two attached hydrogens (primary N) is 1. The molecule has 5 aliphatic rings. The standard InChI is InChI=1S/C19H34N2/c1-14(21-6-3-15(2-5-20)4-7-21)19-11-16-8-17(12-19)10-18(9-16)13-19/h14-18H,2-13,20H2,1H3. The van der Waals surface area contributed by atoms with Crippen LogP contribution in [0.5, 0.6) is 0 Å². The first-order valence-electron chi connectivity index (χ1n) is 9.62. The van der Waals surface area contributed by atoms with Crippen LogP contribution in [0.2, 0.25) is 0 Å². The molecular weight excluding hydrogens is 256 g/mol. The predicted octanol–water partition coefficient (Wildman–Crippen LogP) is 3.65. The van der Waals surface area contributed by atoms with E-state index in [-0.39, 0.29) is 0 Å². The van der Waals surface area contributed by atoms with Gasteiger partial charge in [0.25, 0.3) is 0 Å². The first-order chi connectivity index (χ1) is 10.2. The highest BCUT2D eigenvalue weighted by atomic mass is 15.2. The summed E-state index contributed by atoms with van der Waals surface area (Å²) < 4.78 is 0. The number of nitrogens with zero attached hydrogens (tertiary/aromatic N) is 1. The SMILES string of the molecule is CC(N1CCC(CCN)CC1)C12CC3CC(CC(C3)C1)C2. The van der Waals surface area contributed by atoms with Crippen molar-refractivity contribution in [1.82, 2.24) is 4.90 Å². The summed E-state index contributed by atoms with van der Waals surface area (Å²) in [5.74, 6) is 4.19. The Labute approximate surface area is 130 Å². The van der Waals surface area contributed by atoms with Crippen molar-refractivity contribution in [3.8, 4) is 0 Å². The van der Waals surface area contributed by atoms with Crippen LogP contribution in [-0.4, -0.2) is 30.6 Å². The van der Waals surface area contributed by atoms with Gasteiger partial charge in [-0.1, -0.05) is 0 Å². The molecule has 120 valence electrons. The quantitative estimate of drug-likeness (QED) is 0.856. The Morgan fingerprint density at radius 3 is 2.00 bits per heavy atom. The van der Waals surface area contributed by atoms with Gasteiger partial charge >= 0.3 is 0 Å². The minimum Gasteiger partial charge on any atom is -0.330 e. The fraction of sp³-hybridized carbons (Fsp3) is 1.00. The van der Waals surface area contributed by atoms with E-state index >= 15 is 0 Å². The molecule has 2 nitrogen and oxygen atoms in total. The molecule has 0 aromatic rings. The van der Waals surface area contributed by atoms with Gasteiger partial charge in [-0.15, -0.1) is 0 Å². The Morgan fingerprint density at radius 2 is 1.52 bits per heavy atom. The van der Waals surface area contributed by atoms with Crippen molar-refractivity contribution < 1.29 is 0 Å². The lowest BCUT2D eigenvalue weighted by molar-refractivity contribution is -0.101. The third-order valence-electron chi connectivity index (χ3n) is 7.74. The summed E-state index contributed by atoms with van der Waals surface area (Å²) in [6, 6.07) is 0.838. The molecule has 4 bridgehead atoms. The van der Waals surface area contributed by atoms with Gasteiger partial charge in [0.2, 0.25) is 0 Å². The first kappa shape index (κ1) is 14.5. The molecule has 2 heteroatoms. The van der Waals surface area contributed by atoms with Gasteiger partial charge in [-0.3, -0.25) is 0 Å². The summed E-state index contributed by atoms with van der Waals surface area (Å²) in [6.07, 6.45) is 13.4. The summed E-state index contributed by atoms with van der Waals surface area (Å²) in [5.41, 5.74) is 6.45. The zero-order chi connectivity index (χ0) is 14.4. The molecule has 1 saturated heterocycles. The van der Waals surface area contributed by atoms with E-state index in [1.807, 2.05) is 0 Å². The average molecular weight is 290 g/mol. The van der Waals surface area contributed by atoms with Crippen LogP contribution >= 0.6 is 0 Å². The third-order valence-corrected chi connectivity index (χ3v) is 7.74. The molecule has 0 radical (unpaired) electrons. The topological polar surface area (TPSA) is 29.3 Å². The second-order valence-electron chi connectivity index (χ2n) is 9.01. The van der Waals surface area contributed by atoms with Gasteiger partial charge in [-0.05, 0) is 113 Å². The summed E-state index contributed by atoms with van der Waals surface area (Å²) in [6.45, 7) is 6.15. The third kappa shape index (κ3) is 2.57. The maximum atomic E-state index is 5.74. The van der Waals surface area contributed by atoms with Crippen LogP contribution in [0.1, 0.15) is 64.7 Å². The molecule has 5 rings (SSSR count). The zero-order valence-corrected chi connectivity index (χ0v) is 13.9. The van der Waals surface area contributed by atoms with E-state index in [4.69, 9.17) is 5.73 Å². The van der Waals surface area contributed by atoms with Gasteiger partial charge in [-0.25, -0.2) is 0 Å². The number of hydrogen-bond donors (Lipinski definition) is 1. The lowest BCUT2D eigenvalue weighted by atomic mass is 9.47. The van der Waals surface area contributed by atoms with Crippen molar-refractivity contribution in [3.63, 3.8) is 0 Å². The van der Waals surface area contributed by atoms with Gasteiger partial charge in [0.15, 0.2) is 0 Å². The summed E-state index contributed by atoms with van der Waals surface area (Å²) >= 11 is 0. The molecule has 4 aliphatic carbocycles. The van der Waals surface area contributed by atoms with Crippen molar-refractivity contribution in [2.75, 3.05) is 19.6 Å². The summed E-state index contributed by atoms with van der Waals surface area (Å²) in [5, 5.41) is 0. The molecule has 0 aromatic carbocycles. The van der Waals surface area contributed by atoms with Crippen LogP contribution in [0.25, 0.3) is 0 Å². The van der Waals surface area contributed by atoms with Crippen molar-refractivity contribution in [2.24, 2.45) is 34.8 Å². The Bertz CT molecular complexity index is 334. The monoisotopic (exact) mass is 290 g/mol. The minimum absolute atomic E-state index is 0.704. The Hall–Kier alpha value is -0.0800. The molecule has 0 spiro atoms. The molecule has 1 aliphatic heterocycles. The van der Waals surface area contributed by atoms with Gasteiger partial charge in [0.05, 0.1) is 0 Å². The molecule has 5 fully saturated rings. The fourth-order valence-corrected chi connectivity index (χ4v) is 6.94. The molecule has 2 N–H and O–H groups in total. The van der Waals surface area contributed by atoms with E-state index in [1.165, 1.54) is 32.4 Å². The van der Waals surface area contributed by atoms with Crippen molar-refractivity contribution in [2.45, 2.75) is 70.8 Å². The predicted molar refractivity (Wildman–Crippen MR) is 88.0 cm³/mol. The van der Waals surface area contributed by atoms with Crippen LogP contribution in [0.4, 0.5) is 0 Å². The van der Waals surface area contributed by atoms with Gasteiger partial charge in [0, 0.05) is 6.04 Å². The number of piperidine rings is 1. The highest BCUT2D eigenvalue weighted by Gasteiger charge is 2.54. The average Bonchev–Trinajstić information content (AvgIpc) is 2.46. The van der Waals surface area contributed by atoms with Crippen LogP contribution in [0.15, 0.2) is 0 Å². The molecule has 4 saturated carbocycles. The van der Waals surface area contributed by atoms with E-state index in [9.17, 15) is 0 Å². The van der Waals surface area contributed by atoms with Gasteiger partial charge < -0.3 is 10.6 Å². The lowest BCUT2D eigenvalue weighted by Gasteiger charge is -2.61. The second-order valence-corrected chi connectivity index (χ2v) is 9.01. The molecular formula is C19H34N2. The van der Waals surface area contributed by atoms with Crippen LogP contribution in [0.3, 0.4) is 0 Å². The number of likely N-dealkylation sites (tertiary alicyclic amines) is 1. The molecule has 1 atom stereocenters. The smallest absolute Gasteiger partial charge is 0.0124 e. The van der Waals surface area contributed by atoms with Crippen LogP contribution in [-0.2, 0) is 0 Å².